The fourth-order valence-electron chi connectivity index (χ4n) is 1.28. The molecule has 0 aliphatic carbocycles. The topological polar surface area (TPSA) is 50.1 Å². The molecule has 0 bridgehead atoms. The molecule has 2 aromatic rings. The first-order chi connectivity index (χ1) is 6.31. The minimum absolute atomic E-state index is 0.257. The number of rotatable bonds is 2. The van der Waals surface area contributed by atoms with Crippen LogP contribution in [-0.4, -0.2) is 21.5 Å². The summed E-state index contributed by atoms with van der Waals surface area (Å²) in [6.07, 6.45) is 1.76. The van der Waals surface area contributed by atoms with E-state index in [0.717, 1.165) is 17.4 Å². The molecule has 0 aliphatic rings. The van der Waals surface area contributed by atoms with Gasteiger partial charge in [-0.15, -0.1) is 0 Å². The molecule has 0 aliphatic heterocycles. The number of phenols is 1. The second-order valence-electron chi connectivity index (χ2n) is 2.81. The number of fused-ring (bicyclic) bond motifs is 1. The molecule has 68 valence electrons. The molecular formula is C9H11N3O. The van der Waals surface area contributed by atoms with Crippen LogP contribution < -0.4 is 5.43 Å². The number of aromatic hydroxyl groups is 1. The van der Waals surface area contributed by atoms with Crippen LogP contribution in [0.25, 0.3) is 10.9 Å². The maximum atomic E-state index is 9.27. The van der Waals surface area contributed by atoms with Gasteiger partial charge in [0.2, 0.25) is 0 Å². The molecular weight excluding hydrogens is 166 g/mol. The highest BCUT2D eigenvalue weighted by Crippen LogP contribution is 2.18. The first kappa shape index (κ1) is 7.91. The van der Waals surface area contributed by atoms with Crippen molar-refractivity contribution in [2.24, 2.45) is 0 Å². The highest BCUT2D eigenvalue weighted by atomic mass is 16.3. The Labute approximate surface area is 75.8 Å². The Morgan fingerprint density at radius 3 is 3.15 bits per heavy atom. The molecule has 0 radical (unpaired) electrons. The number of hydrogen-bond acceptors (Lipinski definition) is 3. The second kappa shape index (κ2) is 2.97. The van der Waals surface area contributed by atoms with Crippen molar-refractivity contribution in [2.45, 2.75) is 6.92 Å². The van der Waals surface area contributed by atoms with E-state index in [1.54, 1.807) is 23.1 Å². The second-order valence-corrected chi connectivity index (χ2v) is 2.81. The van der Waals surface area contributed by atoms with Gasteiger partial charge in [0, 0.05) is 18.0 Å². The van der Waals surface area contributed by atoms with Crippen molar-refractivity contribution in [1.29, 1.82) is 0 Å². The van der Waals surface area contributed by atoms with Gasteiger partial charge in [-0.3, -0.25) is 0 Å². The summed E-state index contributed by atoms with van der Waals surface area (Å²) < 4.78 is 0. The highest BCUT2D eigenvalue weighted by molar-refractivity contribution is 5.80. The minimum atomic E-state index is 0.257. The average Bonchev–Trinajstić information content (AvgIpc) is 2.49. The molecule has 1 aromatic carbocycles. The van der Waals surface area contributed by atoms with Crippen LogP contribution in [0.5, 0.6) is 5.75 Å². The fourth-order valence-corrected chi connectivity index (χ4v) is 1.28. The normalized spacial score (nSPS) is 10.5. The zero-order valence-electron chi connectivity index (χ0n) is 7.36. The predicted octanol–water partition coefficient (Wildman–Crippen LogP) is 1.31. The summed E-state index contributed by atoms with van der Waals surface area (Å²) in [5, 5.41) is 14.4. The van der Waals surface area contributed by atoms with Gasteiger partial charge in [-0.2, -0.15) is 9.89 Å². The Morgan fingerprint density at radius 2 is 2.38 bits per heavy atom. The third-order valence-corrected chi connectivity index (χ3v) is 1.86. The smallest absolute Gasteiger partial charge is 0.117 e. The van der Waals surface area contributed by atoms with Gasteiger partial charge in [0.05, 0.1) is 11.7 Å². The van der Waals surface area contributed by atoms with E-state index in [0.29, 0.717) is 0 Å². The zero-order valence-corrected chi connectivity index (χ0v) is 7.36. The average molecular weight is 177 g/mol. The molecule has 4 nitrogen and oxygen atoms in total. The van der Waals surface area contributed by atoms with Gasteiger partial charge in [0.15, 0.2) is 0 Å². The Morgan fingerprint density at radius 1 is 1.54 bits per heavy atom. The van der Waals surface area contributed by atoms with Crippen LogP contribution in [0.3, 0.4) is 0 Å². The molecule has 0 unspecified atom stereocenters. The summed E-state index contributed by atoms with van der Waals surface area (Å²) >= 11 is 0. The first-order valence-electron chi connectivity index (χ1n) is 4.22. The fraction of sp³-hybridized carbons (Fsp3) is 0.222. The van der Waals surface area contributed by atoms with Crippen LogP contribution in [-0.2, 0) is 0 Å². The van der Waals surface area contributed by atoms with E-state index >= 15 is 0 Å². The van der Waals surface area contributed by atoms with Crippen molar-refractivity contribution in [3.8, 4) is 5.75 Å². The van der Waals surface area contributed by atoms with E-state index < -0.39 is 0 Å². The van der Waals surface area contributed by atoms with Crippen molar-refractivity contribution in [2.75, 3.05) is 12.0 Å². The molecule has 13 heavy (non-hydrogen) atoms. The number of benzene rings is 1. The molecule has 0 fully saturated rings. The molecule has 2 rings (SSSR count). The molecule has 0 saturated heterocycles. The van der Waals surface area contributed by atoms with Gasteiger partial charge in [0.1, 0.15) is 5.75 Å². The zero-order chi connectivity index (χ0) is 9.26. The predicted molar refractivity (Wildman–Crippen MR) is 51.3 cm³/mol. The largest absolute Gasteiger partial charge is 0.508 e. The highest BCUT2D eigenvalue weighted by Gasteiger charge is 2.01. The SMILES string of the molecule is CCNn1ncc2ccc(O)cc21. The van der Waals surface area contributed by atoms with Crippen molar-refractivity contribution < 1.29 is 5.11 Å². The van der Waals surface area contributed by atoms with E-state index in [-0.39, 0.29) is 5.75 Å². The summed E-state index contributed by atoms with van der Waals surface area (Å²) in [4.78, 5) is 1.66. The van der Waals surface area contributed by atoms with Gasteiger partial charge in [-0.05, 0) is 19.1 Å². The van der Waals surface area contributed by atoms with Crippen LogP contribution in [0.15, 0.2) is 24.4 Å². The third kappa shape index (κ3) is 1.30. The number of nitrogens with one attached hydrogen (secondary N) is 1. The molecule has 4 heteroatoms. The lowest BCUT2D eigenvalue weighted by Crippen LogP contribution is -2.14. The van der Waals surface area contributed by atoms with Gasteiger partial charge >= 0.3 is 0 Å². The van der Waals surface area contributed by atoms with Crippen molar-refractivity contribution in [3.63, 3.8) is 0 Å². The molecule has 0 spiro atoms. The van der Waals surface area contributed by atoms with Crippen LogP contribution in [0.1, 0.15) is 6.92 Å². The summed E-state index contributed by atoms with van der Waals surface area (Å²) in [6.45, 7) is 2.79. The first-order valence-corrected chi connectivity index (χ1v) is 4.22. The summed E-state index contributed by atoms with van der Waals surface area (Å²) in [5.74, 6) is 0.257. The number of phenolic OH excluding ortho intramolecular Hbond substituents is 1. The monoisotopic (exact) mass is 177 g/mol. The van der Waals surface area contributed by atoms with E-state index in [2.05, 4.69) is 10.5 Å². The molecule has 0 saturated carbocycles. The number of aromatic nitrogens is 2. The van der Waals surface area contributed by atoms with Crippen molar-refractivity contribution in [3.05, 3.63) is 24.4 Å². The number of hydrogen-bond donors (Lipinski definition) is 2. The molecule has 2 N–H and O–H groups in total. The third-order valence-electron chi connectivity index (χ3n) is 1.86. The molecule has 0 amide bonds. The van der Waals surface area contributed by atoms with E-state index in [9.17, 15) is 5.11 Å². The van der Waals surface area contributed by atoms with E-state index in [1.165, 1.54) is 0 Å². The van der Waals surface area contributed by atoms with Gasteiger partial charge in [-0.25, -0.2) is 0 Å². The number of nitrogens with zero attached hydrogens (tertiary/aromatic N) is 2. The minimum Gasteiger partial charge on any atom is -0.508 e. The lowest BCUT2D eigenvalue weighted by Gasteiger charge is -2.03. The van der Waals surface area contributed by atoms with E-state index in [1.807, 2.05) is 13.0 Å². The Bertz CT molecular complexity index is 422. The Hall–Kier alpha value is -1.71. The Balaban J connectivity index is 2.58. The van der Waals surface area contributed by atoms with Gasteiger partial charge < -0.3 is 10.5 Å². The summed E-state index contributed by atoms with van der Waals surface area (Å²) in [5.41, 5.74) is 3.94. The van der Waals surface area contributed by atoms with Crippen molar-refractivity contribution >= 4 is 10.9 Å². The van der Waals surface area contributed by atoms with Crippen LogP contribution in [0, 0.1) is 0 Å². The quantitative estimate of drug-likeness (QED) is 0.727. The lowest BCUT2D eigenvalue weighted by molar-refractivity contribution is 0.476. The van der Waals surface area contributed by atoms with Crippen LogP contribution >= 0.6 is 0 Å². The maximum absolute atomic E-state index is 9.27. The summed E-state index contributed by atoms with van der Waals surface area (Å²) in [7, 11) is 0. The van der Waals surface area contributed by atoms with Crippen LogP contribution in [0.2, 0.25) is 0 Å². The molecule has 1 aromatic heterocycles. The standard InChI is InChI=1S/C9H11N3O/c1-2-10-12-9-5-8(13)4-3-7(9)6-11-12/h3-6,10,13H,2H2,1H3. The Kier molecular flexibility index (Phi) is 1.81. The molecule has 0 atom stereocenters. The van der Waals surface area contributed by atoms with Crippen molar-refractivity contribution in [1.82, 2.24) is 9.89 Å². The van der Waals surface area contributed by atoms with E-state index in [4.69, 9.17) is 0 Å². The maximum Gasteiger partial charge on any atom is 0.117 e. The van der Waals surface area contributed by atoms with Crippen LogP contribution in [0.4, 0.5) is 0 Å². The lowest BCUT2D eigenvalue weighted by atomic mass is 10.2. The summed E-state index contributed by atoms with van der Waals surface area (Å²) in [6, 6.07) is 5.18. The molecule has 1 heterocycles. The van der Waals surface area contributed by atoms with Gasteiger partial charge in [0.25, 0.3) is 0 Å². The van der Waals surface area contributed by atoms with Gasteiger partial charge in [-0.1, -0.05) is 0 Å².